The number of carbonyl (C=O) groups excluding carboxylic acids is 2. The first-order valence-corrected chi connectivity index (χ1v) is 7.84. The van der Waals surface area contributed by atoms with E-state index < -0.39 is 12.1 Å². The van der Waals surface area contributed by atoms with Gasteiger partial charge in [0.15, 0.2) is 0 Å². The zero-order valence-electron chi connectivity index (χ0n) is 12.3. The van der Waals surface area contributed by atoms with Gasteiger partial charge in [-0.3, -0.25) is 4.79 Å². The smallest absolute Gasteiger partial charge is 0.312 e. The molecule has 0 aliphatic rings. The lowest BCUT2D eigenvalue weighted by atomic mass is 10.1. The van der Waals surface area contributed by atoms with Gasteiger partial charge in [0.2, 0.25) is 5.91 Å². The first-order chi connectivity index (χ1) is 10.5. The lowest BCUT2D eigenvalue weighted by Gasteiger charge is -2.16. The fourth-order valence-corrected chi connectivity index (χ4v) is 2.83. The molecule has 0 fully saturated rings. The summed E-state index contributed by atoms with van der Waals surface area (Å²) >= 11 is 1.48. The van der Waals surface area contributed by atoms with Crippen molar-refractivity contribution >= 4 is 23.3 Å². The van der Waals surface area contributed by atoms with Crippen molar-refractivity contribution in [1.82, 2.24) is 10.6 Å². The van der Waals surface area contributed by atoms with Crippen LogP contribution in [0.15, 0.2) is 41.8 Å². The van der Waals surface area contributed by atoms with Gasteiger partial charge < -0.3 is 16.4 Å². The molecule has 0 radical (unpaired) electrons. The van der Waals surface area contributed by atoms with E-state index in [2.05, 4.69) is 10.6 Å². The molecule has 5 nitrogen and oxygen atoms in total. The third kappa shape index (κ3) is 4.89. The van der Waals surface area contributed by atoms with Crippen molar-refractivity contribution in [1.29, 1.82) is 0 Å². The van der Waals surface area contributed by atoms with Gasteiger partial charge in [0.25, 0.3) is 0 Å². The van der Waals surface area contributed by atoms with E-state index in [0.717, 1.165) is 10.4 Å². The standard InChI is InChI=1S/C16H19N3O2S/c1-11-4-6-12(7-5-11)10-18-15(20)9-13(19-16(17)21)14-3-2-8-22-14/h2-8,13H,9-10H2,1H3,(H,18,20)(H3,17,19,21)/t13-/m0/s1. The molecule has 0 saturated heterocycles. The highest BCUT2D eigenvalue weighted by atomic mass is 32.1. The average Bonchev–Trinajstić information content (AvgIpc) is 3.00. The van der Waals surface area contributed by atoms with Crippen LogP contribution in [0.3, 0.4) is 0 Å². The summed E-state index contributed by atoms with van der Waals surface area (Å²) in [5, 5.41) is 7.36. The van der Waals surface area contributed by atoms with Gasteiger partial charge in [0.1, 0.15) is 0 Å². The summed E-state index contributed by atoms with van der Waals surface area (Å²) < 4.78 is 0. The van der Waals surface area contributed by atoms with Crippen LogP contribution in [-0.4, -0.2) is 11.9 Å². The zero-order valence-corrected chi connectivity index (χ0v) is 13.2. The van der Waals surface area contributed by atoms with E-state index in [9.17, 15) is 9.59 Å². The van der Waals surface area contributed by atoms with E-state index in [4.69, 9.17) is 5.73 Å². The van der Waals surface area contributed by atoms with Crippen molar-refractivity contribution in [3.63, 3.8) is 0 Å². The number of urea groups is 1. The topological polar surface area (TPSA) is 84.2 Å². The van der Waals surface area contributed by atoms with Crippen molar-refractivity contribution in [2.75, 3.05) is 0 Å². The van der Waals surface area contributed by atoms with Crippen LogP contribution in [0.25, 0.3) is 0 Å². The maximum atomic E-state index is 12.1. The van der Waals surface area contributed by atoms with Crippen molar-refractivity contribution in [3.8, 4) is 0 Å². The Hall–Kier alpha value is -2.34. The molecule has 0 aliphatic carbocycles. The molecule has 0 bridgehead atoms. The number of amides is 3. The lowest BCUT2D eigenvalue weighted by Crippen LogP contribution is -2.36. The monoisotopic (exact) mass is 317 g/mol. The van der Waals surface area contributed by atoms with Gasteiger partial charge >= 0.3 is 6.03 Å². The molecule has 1 atom stereocenters. The molecular weight excluding hydrogens is 298 g/mol. The van der Waals surface area contributed by atoms with Crippen molar-refractivity contribution < 1.29 is 9.59 Å². The minimum Gasteiger partial charge on any atom is -0.352 e. The van der Waals surface area contributed by atoms with E-state index in [-0.39, 0.29) is 12.3 Å². The first kappa shape index (κ1) is 16.0. The molecule has 0 spiro atoms. The number of aryl methyl sites for hydroxylation is 1. The van der Waals surface area contributed by atoms with Crippen LogP contribution in [0.2, 0.25) is 0 Å². The third-order valence-corrected chi connectivity index (χ3v) is 4.19. The second-order valence-corrected chi connectivity index (χ2v) is 6.02. The van der Waals surface area contributed by atoms with Gasteiger partial charge in [0, 0.05) is 11.4 Å². The molecule has 0 aliphatic heterocycles. The number of carbonyl (C=O) groups is 2. The number of nitrogens with one attached hydrogen (secondary N) is 2. The molecule has 1 aromatic heterocycles. The van der Waals surface area contributed by atoms with Crippen LogP contribution in [-0.2, 0) is 11.3 Å². The van der Waals surface area contributed by atoms with Crippen LogP contribution in [0, 0.1) is 6.92 Å². The minimum absolute atomic E-state index is 0.132. The maximum absolute atomic E-state index is 12.1. The van der Waals surface area contributed by atoms with Crippen molar-refractivity contribution in [3.05, 3.63) is 57.8 Å². The fraction of sp³-hybridized carbons (Fsp3) is 0.250. The van der Waals surface area contributed by atoms with Gasteiger partial charge in [-0.05, 0) is 23.9 Å². The molecule has 22 heavy (non-hydrogen) atoms. The van der Waals surface area contributed by atoms with Crippen LogP contribution in [0.4, 0.5) is 4.79 Å². The Balaban J connectivity index is 1.90. The molecule has 116 valence electrons. The number of nitrogens with two attached hydrogens (primary N) is 1. The first-order valence-electron chi connectivity index (χ1n) is 6.96. The summed E-state index contributed by atoms with van der Waals surface area (Å²) in [6.45, 7) is 2.48. The highest BCUT2D eigenvalue weighted by Crippen LogP contribution is 2.21. The summed E-state index contributed by atoms with van der Waals surface area (Å²) in [6, 6.07) is 10.7. The highest BCUT2D eigenvalue weighted by molar-refractivity contribution is 7.10. The molecule has 3 amide bonds. The van der Waals surface area contributed by atoms with Crippen LogP contribution in [0.5, 0.6) is 0 Å². The van der Waals surface area contributed by atoms with E-state index in [1.165, 1.54) is 16.9 Å². The maximum Gasteiger partial charge on any atom is 0.312 e. The van der Waals surface area contributed by atoms with Crippen LogP contribution < -0.4 is 16.4 Å². The Labute approximate surface area is 133 Å². The molecule has 0 saturated carbocycles. The number of hydrogen-bond acceptors (Lipinski definition) is 3. The summed E-state index contributed by atoms with van der Waals surface area (Å²) in [7, 11) is 0. The Kier molecular flexibility index (Phi) is 5.55. The molecule has 6 heteroatoms. The van der Waals surface area contributed by atoms with E-state index in [1.54, 1.807) is 0 Å². The van der Waals surface area contributed by atoms with E-state index in [1.807, 2.05) is 48.7 Å². The van der Waals surface area contributed by atoms with Gasteiger partial charge in [0.05, 0.1) is 12.5 Å². The van der Waals surface area contributed by atoms with E-state index >= 15 is 0 Å². The van der Waals surface area contributed by atoms with Crippen LogP contribution in [0.1, 0.15) is 28.5 Å². The molecular formula is C16H19N3O2S. The van der Waals surface area contributed by atoms with Gasteiger partial charge in [-0.2, -0.15) is 0 Å². The largest absolute Gasteiger partial charge is 0.352 e. The Morgan fingerprint density at radius 3 is 2.55 bits per heavy atom. The highest BCUT2D eigenvalue weighted by Gasteiger charge is 2.18. The normalized spacial score (nSPS) is 11.7. The number of benzene rings is 1. The van der Waals surface area contributed by atoms with Gasteiger partial charge in [-0.1, -0.05) is 35.9 Å². The lowest BCUT2D eigenvalue weighted by molar-refractivity contribution is -0.121. The number of hydrogen-bond donors (Lipinski definition) is 3. The molecule has 4 N–H and O–H groups in total. The fourth-order valence-electron chi connectivity index (χ4n) is 2.05. The second kappa shape index (κ2) is 7.61. The Morgan fingerprint density at radius 2 is 1.95 bits per heavy atom. The Morgan fingerprint density at radius 1 is 1.23 bits per heavy atom. The Bertz CT molecular complexity index is 623. The average molecular weight is 317 g/mol. The number of rotatable bonds is 6. The van der Waals surface area contributed by atoms with Crippen LogP contribution >= 0.6 is 11.3 Å². The third-order valence-electron chi connectivity index (χ3n) is 3.20. The zero-order chi connectivity index (χ0) is 15.9. The summed E-state index contributed by atoms with van der Waals surface area (Å²) in [5.41, 5.74) is 7.39. The molecule has 2 aromatic rings. The van der Waals surface area contributed by atoms with Crippen molar-refractivity contribution in [2.24, 2.45) is 5.73 Å². The second-order valence-electron chi connectivity index (χ2n) is 5.04. The molecule has 1 heterocycles. The van der Waals surface area contributed by atoms with Gasteiger partial charge in [-0.15, -0.1) is 11.3 Å². The number of thiophene rings is 1. The van der Waals surface area contributed by atoms with Crippen molar-refractivity contribution in [2.45, 2.75) is 25.9 Å². The molecule has 0 unspecified atom stereocenters. The molecule has 2 rings (SSSR count). The molecule has 1 aromatic carbocycles. The van der Waals surface area contributed by atoms with E-state index in [0.29, 0.717) is 6.54 Å². The summed E-state index contributed by atoms with van der Waals surface area (Å²) in [6.07, 6.45) is 0.162. The number of primary amides is 1. The predicted octanol–water partition coefficient (Wildman–Crippen LogP) is 2.47. The summed E-state index contributed by atoms with van der Waals surface area (Å²) in [4.78, 5) is 24.1. The van der Waals surface area contributed by atoms with Gasteiger partial charge in [-0.25, -0.2) is 4.79 Å². The minimum atomic E-state index is -0.635. The predicted molar refractivity (Wildman–Crippen MR) is 87.4 cm³/mol. The quantitative estimate of drug-likeness (QED) is 0.764. The SMILES string of the molecule is Cc1ccc(CNC(=O)C[C@H](NC(N)=O)c2cccs2)cc1. The summed E-state index contributed by atoms with van der Waals surface area (Å²) in [5.74, 6) is -0.132.